The van der Waals surface area contributed by atoms with Crippen molar-refractivity contribution in [2.45, 2.75) is 32.1 Å². The molecule has 5 nitrogen and oxygen atoms in total. The second kappa shape index (κ2) is 10.8. The van der Waals surface area contributed by atoms with Crippen LogP contribution in [0.3, 0.4) is 0 Å². The molecule has 2 aromatic carbocycles. The van der Waals surface area contributed by atoms with Crippen LogP contribution in [-0.4, -0.2) is 49.4 Å². The normalized spacial score (nSPS) is 15.5. The third kappa shape index (κ3) is 6.48. The minimum absolute atomic E-state index is 0.339. The van der Waals surface area contributed by atoms with Crippen molar-refractivity contribution in [3.05, 3.63) is 58.1 Å². The average Bonchev–Trinajstić information content (AvgIpc) is 3.21. The van der Waals surface area contributed by atoms with Gasteiger partial charge in [0.15, 0.2) is 11.5 Å². The molecule has 0 amide bonds. The lowest BCUT2D eigenvalue weighted by Gasteiger charge is -2.19. The standard InChI is InChI=1S/C22H29BrN2O3/c1-27-22-12-18(13-24-14-20(26)15-25-10-2-3-11-25)6-9-21(22)28-16-17-4-7-19(23)8-5-17/h4-9,12,20,24,26H,2-3,10-11,13-16H2,1H3. The average molecular weight is 449 g/mol. The topological polar surface area (TPSA) is 54.0 Å². The summed E-state index contributed by atoms with van der Waals surface area (Å²) in [5.74, 6) is 1.44. The molecular formula is C22H29BrN2O3. The van der Waals surface area contributed by atoms with Gasteiger partial charge in [-0.05, 0) is 61.3 Å². The molecule has 1 unspecified atom stereocenters. The largest absolute Gasteiger partial charge is 0.493 e. The van der Waals surface area contributed by atoms with Crippen LogP contribution in [0.2, 0.25) is 0 Å². The van der Waals surface area contributed by atoms with Crippen molar-refractivity contribution in [3.63, 3.8) is 0 Å². The van der Waals surface area contributed by atoms with Crippen molar-refractivity contribution in [1.82, 2.24) is 10.2 Å². The smallest absolute Gasteiger partial charge is 0.161 e. The second-order valence-electron chi connectivity index (χ2n) is 7.19. The van der Waals surface area contributed by atoms with E-state index >= 15 is 0 Å². The molecule has 0 saturated carbocycles. The van der Waals surface area contributed by atoms with Crippen molar-refractivity contribution in [2.75, 3.05) is 33.3 Å². The molecule has 0 bridgehead atoms. The lowest BCUT2D eigenvalue weighted by Crippen LogP contribution is -2.36. The Bertz CT molecular complexity index is 733. The minimum Gasteiger partial charge on any atom is -0.493 e. The van der Waals surface area contributed by atoms with E-state index in [0.29, 0.717) is 25.4 Å². The van der Waals surface area contributed by atoms with Crippen molar-refractivity contribution in [3.8, 4) is 11.5 Å². The van der Waals surface area contributed by atoms with E-state index in [9.17, 15) is 5.11 Å². The molecule has 2 aromatic rings. The van der Waals surface area contributed by atoms with E-state index in [1.165, 1.54) is 12.8 Å². The predicted molar refractivity (Wildman–Crippen MR) is 115 cm³/mol. The quantitative estimate of drug-likeness (QED) is 0.581. The summed E-state index contributed by atoms with van der Waals surface area (Å²) in [4.78, 5) is 2.33. The van der Waals surface area contributed by atoms with Gasteiger partial charge in [0.2, 0.25) is 0 Å². The fourth-order valence-corrected chi connectivity index (χ4v) is 3.66. The molecule has 28 heavy (non-hydrogen) atoms. The summed E-state index contributed by atoms with van der Waals surface area (Å²) in [6, 6.07) is 14.0. The summed E-state index contributed by atoms with van der Waals surface area (Å²) in [5, 5.41) is 13.5. The van der Waals surface area contributed by atoms with E-state index in [1.54, 1.807) is 7.11 Å². The summed E-state index contributed by atoms with van der Waals surface area (Å²) in [6.07, 6.45) is 2.15. The maximum atomic E-state index is 10.2. The highest BCUT2D eigenvalue weighted by atomic mass is 79.9. The SMILES string of the molecule is COc1cc(CNCC(O)CN2CCCC2)ccc1OCc1ccc(Br)cc1. The first-order valence-electron chi connectivity index (χ1n) is 9.79. The van der Waals surface area contributed by atoms with E-state index in [-0.39, 0.29) is 6.10 Å². The van der Waals surface area contributed by atoms with Gasteiger partial charge in [0.25, 0.3) is 0 Å². The first-order chi connectivity index (χ1) is 13.6. The summed E-state index contributed by atoms with van der Waals surface area (Å²) < 4.78 is 12.5. The molecule has 1 aliphatic heterocycles. The molecule has 1 saturated heterocycles. The minimum atomic E-state index is -0.339. The first-order valence-corrected chi connectivity index (χ1v) is 10.6. The highest BCUT2D eigenvalue weighted by Gasteiger charge is 2.15. The Labute approximate surface area is 175 Å². The number of aliphatic hydroxyl groups excluding tert-OH is 1. The van der Waals surface area contributed by atoms with Gasteiger partial charge in [0, 0.05) is 24.1 Å². The van der Waals surface area contributed by atoms with Crippen LogP contribution in [0, 0.1) is 0 Å². The Hall–Kier alpha value is -1.60. The van der Waals surface area contributed by atoms with E-state index < -0.39 is 0 Å². The van der Waals surface area contributed by atoms with Crippen LogP contribution in [0.1, 0.15) is 24.0 Å². The Balaban J connectivity index is 1.47. The van der Waals surface area contributed by atoms with Crippen LogP contribution < -0.4 is 14.8 Å². The van der Waals surface area contributed by atoms with Gasteiger partial charge in [0.05, 0.1) is 13.2 Å². The van der Waals surface area contributed by atoms with Crippen LogP contribution in [0.5, 0.6) is 11.5 Å². The summed E-state index contributed by atoms with van der Waals surface area (Å²) in [6.45, 7) is 4.72. The summed E-state index contributed by atoms with van der Waals surface area (Å²) >= 11 is 3.44. The number of nitrogens with one attached hydrogen (secondary N) is 1. The molecule has 0 radical (unpaired) electrons. The molecule has 0 aliphatic carbocycles. The van der Waals surface area contributed by atoms with Gasteiger partial charge in [-0.2, -0.15) is 0 Å². The van der Waals surface area contributed by atoms with E-state index in [0.717, 1.165) is 41.0 Å². The molecule has 152 valence electrons. The third-order valence-electron chi connectivity index (χ3n) is 4.91. The number of hydrogen-bond donors (Lipinski definition) is 2. The van der Waals surface area contributed by atoms with Gasteiger partial charge in [-0.25, -0.2) is 0 Å². The van der Waals surface area contributed by atoms with Crippen LogP contribution >= 0.6 is 15.9 Å². The number of rotatable bonds is 10. The predicted octanol–water partition coefficient (Wildman–Crippen LogP) is 3.58. The Kier molecular flexibility index (Phi) is 8.15. The van der Waals surface area contributed by atoms with Crippen molar-refractivity contribution < 1.29 is 14.6 Å². The summed E-state index contributed by atoms with van der Waals surface area (Å²) in [7, 11) is 1.65. The second-order valence-corrected chi connectivity index (χ2v) is 8.11. The Morgan fingerprint density at radius 1 is 1.07 bits per heavy atom. The number of ether oxygens (including phenoxy) is 2. The molecule has 3 rings (SSSR count). The van der Waals surface area contributed by atoms with E-state index in [4.69, 9.17) is 9.47 Å². The fraction of sp³-hybridized carbons (Fsp3) is 0.455. The molecule has 0 aromatic heterocycles. The van der Waals surface area contributed by atoms with Crippen molar-refractivity contribution in [2.24, 2.45) is 0 Å². The van der Waals surface area contributed by atoms with E-state index in [1.807, 2.05) is 42.5 Å². The van der Waals surface area contributed by atoms with Gasteiger partial charge in [-0.1, -0.05) is 34.1 Å². The van der Waals surface area contributed by atoms with E-state index in [2.05, 4.69) is 26.1 Å². The highest BCUT2D eigenvalue weighted by molar-refractivity contribution is 9.10. The maximum Gasteiger partial charge on any atom is 0.161 e. The molecule has 2 N–H and O–H groups in total. The first kappa shape index (κ1) is 21.1. The number of hydrogen-bond acceptors (Lipinski definition) is 5. The van der Waals surface area contributed by atoms with Crippen molar-refractivity contribution >= 4 is 15.9 Å². The van der Waals surface area contributed by atoms with Crippen LogP contribution in [0.25, 0.3) is 0 Å². The summed E-state index contributed by atoms with van der Waals surface area (Å²) in [5.41, 5.74) is 2.20. The zero-order chi connectivity index (χ0) is 19.8. The van der Waals surface area contributed by atoms with Gasteiger partial charge < -0.3 is 24.8 Å². The lowest BCUT2D eigenvalue weighted by atomic mass is 10.2. The molecule has 1 aliphatic rings. The number of nitrogens with zero attached hydrogens (tertiary/aromatic N) is 1. The Morgan fingerprint density at radius 3 is 2.50 bits per heavy atom. The lowest BCUT2D eigenvalue weighted by molar-refractivity contribution is 0.123. The van der Waals surface area contributed by atoms with Gasteiger partial charge >= 0.3 is 0 Å². The number of halogens is 1. The zero-order valence-electron chi connectivity index (χ0n) is 16.4. The van der Waals surface area contributed by atoms with Crippen molar-refractivity contribution in [1.29, 1.82) is 0 Å². The Morgan fingerprint density at radius 2 is 1.79 bits per heavy atom. The highest BCUT2D eigenvalue weighted by Crippen LogP contribution is 2.29. The molecule has 1 heterocycles. The van der Waals surface area contributed by atoms with Crippen LogP contribution in [-0.2, 0) is 13.2 Å². The number of benzene rings is 2. The maximum absolute atomic E-state index is 10.2. The number of aliphatic hydroxyl groups is 1. The number of methoxy groups -OCH3 is 1. The number of likely N-dealkylation sites (tertiary alicyclic amines) is 1. The van der Waals surface area contributed by atoms with Crippen LogP contribution in [0.15, 0.2) is 46.9 Å². The van der Waals surface area contributed by atoms with Gasteiger partial charge in [-0.3, -0.25) is 0 Å². The van der Waals surface area contributed by atoms with Gasteiger partial charge in [0.1, 0.15) is 6.61 Å². The van der Waals surface area contributed by atoms with Gasteiger partial charge in [-0.15, -0.1) is 0 Å². The third-order valence-corrected chi connectivity index (χ3v) is 5.44. The number of β-amino-alcohol motifs (C(OH)–C–C–N with tert-alkyl or cyclic N) is 1. The zero-order valence-corrected chi connectivity index (χ0v) is 18.0. The molecular weight excluding hydrogens is 420 g/mol. The monoisotopic (exact) mass is 448 g/mol. The molecule has 1 fully saturated rings. The molecule has 0 spiro atoms. The molecule has 1 atom stereocenters. The fourth-order valence-electron chi connectivity index (χ4n) is 3.39. The van der Waals surface area contributed by atoms with Crippen LogP contribution in [0.4, 0.5) is 0 Å². The molecule has 6 heteroatoms.